The average molecular weight is 411 g/mol. The zero-order valence-electron chi connectivity index (χ0n) is 18.1. The smallest absolute Gasteiger partial charge is 0.168 e. The molecule has 0 bridgehead atoms. The molecule has 6 nitrogen and oxygen atoms in total. The first-order valence-corrected chi connectivity index (χ1v) is 10.6. The molecule has 2 aromatic carbocycles. The summed E-state index contributed by atoms with van der Waals surface area (Å²) in [6.07, 6.45) is 3.47. The normalized spacial score (nSPS) is 19.0. The van der Waals surface area contributed by atoms with Crippen molar-refractivity contribution in [1.82, 2.24) is 0 Å². The van der Waals surface area contributed by atoms with E-state index in [1.54, 1.807) is 13.2 Å². The topological polar surface area (TPSA) is 66.3 Å². The van der Waals surface area contributed by atoms with Crippen molar-refractivity contribution < 1.29 is 18.9 Å². The molecular weight excluding hydrogens is 382 g/mol. The molecule has 0 spiro atoms. The first-order valence-electron chi connectivity index (χ1n) is 10.6. The summed E-state index contributed by atoms with van der Waals surface area (Å²) in [6.45, 7) is 7.33. The molecule has 0 amide bonds. The zero-order valence-corrected chi connectivity index (χ0v) is 18.1. The molecule has 1 atom stereocenters. The van der Waals surface area contributed by atoms with Crippen molar-refractivity contribution in [3.63, 3.8) is 0 Å². The molecule has 6 heteroatoms. The number of fused-ring (bicyclic) bond motifs is 3. The van der Waals surface area contributed by atoms with E-state index in [-0.39, 0.29) is 11.5 Å². The van der Waals surface area contributed by atoms with Crippen molar-refractivity contribution >= 4 is 5.69 Å². The number of methoxy groups -OCH3 is 1. The van der Waals surface area contributed by atoms with Crippen LogP contribution in [0.2, 0.25) is 0 Å². The summed E-state index contributed by atoms with van der Waals surface area (Å²) >= 11 is 0. The third kappa shape index (κ3) is 3.83. The Morgan fingerprint density at radius 3 is 2.80 bits per heavy atom. The Hall–Kier alpha value is -2.76. The molecule has 2 aliphatic rings. The molecule has 0 saturated heterocycles. The SMILES string of the molecule is CCCOc1ccc(C2COc3c(cc(OC)c4c3CCC(C)(C)O4)C2)c(N=O)c1. The lowest BCUT2D eigenvalue weighted by molar-refractivity contribution is 0.0783. The second-order valence-electron chi connectivity index (χ2n) is 8.61. The molecule has 30 heavy (non-hydrogen) atoms. The predicted octanol–water partition coefficient (Wildman–Crippen LogP) is 5.70. The predicted molar refractivity (Wildman–Crippen MR) is 116 cm³/mol. The summed E-state index contributed by atoms with van der Waals surface area (Å²) in [5.74, 6) is 3.13. The number of hydrogen-bond acceptors (Lipinski definition) is 6. The first-order chi connectivity index (χ1) is 14.5. The average Bonchev–Trinajstić information content (AvgIpc) is 2.75. The number of hydrogen-bond donors (Lipinski definition) is 0. The highest BCUT2D eigenvalue weighted by atomic mass is 16.5. The summed E-state index contributed by atoms with van der Waals surface area (Å²) in [4.78, 5) is 11.5. The van der Waals surface area contributed by atoms with Gasteiger partial charge in [0.1, 0.15) is 22.8 Å². The van der Waals surface area contributed by atoms with Crippen LogP contribution >= 0.6 is 0 Å². The van der Waals surface area contributed by atoms with E-state index in [1.807, 2.05) is 25.1 Å². The maximum atomic E-state index is 11.5. The fourth-order valence-electron chi connectivity index (χ4n) is 4.28. The molecule has 2 heterocycles. The summed E-state index contributed by atoms with van der Waals surface area (Å²) in [7, 11) is 1.66. The standard InChI is InChI=1S/C24H29NO5/c1-5-10-28-17-6-7-18(20(13-17)25-26)16-11-15-12-21(27-4)23-19(22(15)29-14-16)8-9-24(2,3)30-23/h6-7,12-13,16H,5,8-11,14H2,1-4H3. The fraction of sp³-hybridized carbons (Fsp3) is 0.500. The maximum absolute atomic E-state index is 11.5. The Balaban J connectivity index is 1.65. The van der Waals surface area contributed by atoms with E-state index in [4.69, 9.17) is 18.9 Å². The third-order valence-corrected chi connectivity index (χ3v) is 5.85. The van der Waals surface area contributed by atoms with E-state index in [9.17, 15) is 4.91 Å². The van der Waals surface area contributed by atoms with Gasteiger partial charge >= 0.3 is 0 Å². The van der Waals surface area contributed by atoms with Crippen LogP contribution in [0.1, 0.15) is 56.2 Å². The van der Waals surface area contributed by atoms with Crippen LogP contribution in [0.4, 0.5) is 5.69 Å². The Morgan fingerprint density at radius 2 is 2.07 bits per heavy atom. The van der Waals surface area contributed by atoms with Crippen LogP contribution in [0.25, 0.3) is 0 Å². The lowest BCUT2D eigenvalue weighted by atomic mass is 9.85. The van der Waals surface area contributed by atoms with Gasteiger partial charge in [-0.05, 0) is 68.0 Å². The highest BCUT2D eigenvalue weighted by Gasteiger charge is 2.35. The van der Waals surface area contributed by atoms with E-state index in [0.717, 1.165) is 59.6 Å². The number of ether oxygens (including phenoxy) is 4. The van der Waals surface area contributed by atoms with E-state index in [2.05, 4.69) is 19.0 Å². The fourth-order valence-corrected chi connectivity index (χ4v) is 4.28. The van der Waals surface area contributed by atoms with Gasteiger partial charge in [0, 0.05) is 17.5 Å². The highest BCUT2D eigenvalue weighted by molar-refractivity contribution is 5.61. The summed E-state index contributed by atoms with van der Waals surface area (Å²) in [5.41, 5.74) is 3.23. The van der Waals surface area contributed by atoms with Crippen LogP contribution in [0.3, 0.4) is 0 Å². The summed E-state index contributed by atoms with van der Waals surface area (Å²) in [6, 6.07) is 7.56. The van der Waals surface area contributed by atoms with Crippen molar-refractivity contribution in [2.75, 3.05) is 20.3 Å². The molecule has 0 radical (unpaired) electrons. The van der Waals surface area contributed by atoms with Crippen LogP contribution in [0.5, 0.6) is 23.0 Å². The minimum absolute atomic E-state index is 0.0362. The molecule has 0 fully saturated rings. The molecular formula is C24H29NO5. The van der Waals surface area contributed by atoms with Gasteiger partial charge in [-0.25, -0.2) is 0 Å². The van der Waals surface area contributed by atoms with E-state index in [0.29, 0.717) is 24.7 Å². The molecule has 2 aromatic rings. The van der Waals surface area contributed by atoms with Gasteiger partial charge in [0.15, 0.2) is 11.5 Å². The molecule has 0 saturated carbocycles. The van der Waals surface area contributed by atoms with E-state index in [1.165, 1.54) is 0 Å². The molecule has 4 rings (SSSR count). The van der Waals surface area contributed by atoms with Gasteiger partial charge in [-0.15, -0.1) is 4.91 Å². The van der Waals surface area contributed by atoms with Crippen LogP contribution < -0.4 is 18.9 Å². The van der Waals surface area contributed by atoms with Gasteiger partial charge < -0.3 is 18.9 Å². The number of nitroso groups, excluding NO2 is 1. The van der Waals surface area contributed by atoms with Crippen molar-refractivity contribution in [2.24, 2.45) is 5.18 Å². The third-order valence-electron chi connectivity index (χ3n) is 5.85. The van der Waals surface area contributed by atoms with Gasteiger partial charge in [-0.2, -0.15) is 0 Å². The van der Waals surface area contributed by atoms with Gasteiger partial charge in [0.2, 0.25) is 0 Å². The van der Waals surface area contributed by atoms with Gasteiger partial charge in [-0.1, -0.05) is 13.0 Å². The minimum atomic E-state index is -0.224. The number of nitrogens with zero attached hydrogens (tertiary/aromatic N) is 1. The van der Waals surface area contributed by atoms with Crippen molar-refractivity contribution in [1.29, 1.82) is 0 Å². The highest BCUT2D eigenvalue weighted by Crippen LogP contribution is 2.49. The van der Waals surface area contributed by atoms with Crippen LogP contribution in [-0.2, 0) is 12.8 Å². The number of benzene rings is 2. The minimum Gasteiger partial charge on any atom is -0.494 e. The van der Waals surface area contributed by atoms with Crippen LogP contribution in [0, 0.1) is 4.91 Å². The molecule has 160 valence electrons. The number of rotatable bonds is 6. The first kappa shape index (κ1) is 20.5. The van der Waals surface area contributed by atoms with Crippen LogP contribution in [0.15, 0.2) is 29.4 Å². The van der Waals surface area contributed by atoms with Crippen molar-refractivity contribution in [2.45, 2.75) is 58.0 Å². The summed E-state index contributed by atoms with van der Waals surface area (Å²) in [5, 5.41) is 3.26. The molecule has 0 aromatic heterocycles. The molecule has 0 aliphatic carbocycles. The molecule has 2 aliphatic heterocycles. The van der Waals surface area contributed by atoms with Gasteiger partial charge in [0.05, 0.1) is 20.3 Å². The second kappa shape index (κ2) is 8.17. The van der Waals surface area contributed by atoms with Crippen LogP contribution in [-0.4, -0.2) is 25.9 Å². The maximum Gasteiger partial charge on any atom is 0.168 e. The lowest BCUT2D eigenvalue weighted by Crippen LogP contribution is -2.33. The quantitative estimate of drug-likeness (QED) is 0.570. The Kier molecular flexibility index (Phi) is 5.58. The van der Waals surface area contributed by atoms with E-state index >= 15 is 0 Å². The lowest BCUT2D eigenvalue weighted by Gasteiger charge is -2.36. The Bertz CT molecular complexity index is 953. The van der Waals surface area contributed by atoms with Crippen molar-refractivity contribution in [3.8, 4) is 23.0 Å². The molecule has 0 N–H and O–H groups in total. The Labute approximate surface area is 177 Å². The zero-order chi connectivity index (χ0) is 21.3. The van der Waals surface area contributed by atoms with E-state index < -0.39 is 0 Å². The molecule has 1 unspecified atom stereocenters. The van der Waals surface area contributed by atoms with Crippen molar-refractivity contribution in [3.05, 3.63) is 45.9 Å². The largest absolute Gasteiger partial charge is 0.494 e. The summed E-state index contributed by atoms with van der Waals surface area (Å²) < 4.78 is 23.8. The Morgan fingerprint density at radius 1 is 1.23 bits per heavy atom. The van der Waals surface area contributed by atoms with Gasteiger partial charge in [-0.3, -0.25) is 0 Å². The van der Waals surface area contributed by atoms with Gasteiger partial charge in [0.25, 0.3) is 0 Å². The second-order valence-corrected chi connectivity index (χ2v) is 8.61. The monoisotopic (exact) mass is 411 g/mol.